The van der Waals surface area contributed by atoms with Crippen LogP contribution in [0.5, 0.6) is 5.75 Å². The van der Waals surface area contributed by atoms with E-state index in [2.05, 4.69) is 18.0 Å². The molecular formula is C17H25NO2. The molecule has 3 heteroatoms. The van der Waals surface area contributed by atoms with E-state index in [1.54, 1.807) is 7.11 Å². The maximum absolute atomic E-state index is 10.6. The van der Waals surface area contributed by atoms with Crippen LogP contribution in [-0.4, -0.2) is 42.4 Å². The Bertz CT molecular complexity index is 448. The second kappa shape index (κ2) is 5.74. The molecule has 20 heavy (non-hydrogen) atoms. The summed E-state index contributed by atoms with van der Waals surface area (Å²) in [6.07, 6.45) is 5.44. The molecule has 3 nitrogen and oxygen atoms in total. The molecule has 1 aromatic rings. The van der Waals surface area contributed by atoms with Crippen LogP contribution in [0.1, 0.15) is 31.2 Å². The number of hydrogen-bond donors (Lipinski definition) is 1. The fourth-order valence-corrected chi connectivity index (χ4v) is 3.98. The van der Waals surface area contributed by atoms with Gasteiger partial charge in [0, 0.05) is 12.1 Å². The summed E-state index contributed by atoms with van der Waals surface area (Å²) in [7, 11) is 3.93. The molecule has 0 radical (unpaired) electrons. The lowest BCUT2D eigenvalue weighted by atomic mass is 9.84. The predicted molar refractivity (Wildman–Crippen MR) is 80.0 cm³/mol. The van der Waals surface area contributed by atoms with Crippen LogP contribution in [0.15, 0.2) is 24.3 Å². The number of hydrogen-bond acceptors (Lipinski definition) is 3. The number of nitrogens with zero attached hydrogens (tertiary/aromatic N) is 1. The highest BCUT2D eigenvalue weighted by atomic mass is 16.5. The van der Waals surface area contributed by atoms with E-state index in [0.717, 1.165) is 25.0 Å². The number of aliphatic hydroxyl groups is 1. The van der Waals surface area contributed by atoms with Crippen molar-refractivity contribution in [1.82, 2.24) is 4.90 Å². The van der Waals surface area contributed by atoms with E-state index in [-0.39, 0.29) is 6.10 Å². The number of methoxy groups -OCH3 is 1. The summed E-state index contributed by atoms with van der Waals surface area (Å²) in [4.78, 5) is 2.52. The highest BCUT2D eigenvalue weighted by Crippen LogP contribution is 2.39. The molecular weight excluding hydrogens is 250 g/mol. The van der Waals surface area contributed by atoms with Crippen LogP contribution in [-0.2, 0) is 6.42 Å². The van der Waals surface area contributed by atoms with Gasteiger partial charge >= 0.3 is 0 Å². The van der Waals surface area contributed by atoms with Crippen molar-refractivity contribution in [2.75, 3.05) is 14.2 Å². The molecule has 0 amide bonds. The Hall–Kier alpha value is -1.06. The molecule has 2 fully saturated rings. The van der Waals surface area contributed by atoms with Gasteiger partial charge in [0.1, 0.15) is 5.75 Å². The Morgan fingerprint density at radius 2 is 2.00 bits per heavy atom. The zero-order valence-corrected chi connectivity index (χ0v) is 12.5. The maximum atomic E-state index is 10.6. The van der Waals surface area contributed by atoms with Crippen LogP contribution in [0.2, 0.25) is 0 Å². The lowest BCUT2D eigenvalue weighted by molar-refractivity contribution is 0.0368. The van der Waals surface area contributed by atoms with Gasteiger partial charge in [-0.05, 0) is 62.8 Å². The zero-order valence-electron chi connectivity index (χ0n) is 12.5. The van der Waals surface area contributed by atoms with E-state index >= 15 is 0 Å². The number of ether oxygens (including phenoxy) is 1. The summed E-state index contributed by atoms with van der Waals surface area (Å²) in [5, 5.41) is 10.6. The van der Waals surface area contributed by atoms with E-state index in [1.807, 2.05) is 18.2 Å². The highest BCUT2D eigenvalue weighted by Gasteiger charge is 2.40. The largest absolute Gasteiger partial charge is 0.497 e. The number of benzene rings is 1. The van der Waals surface area contributed by atoms with Gasteiger partial charge in [-0.2, -0.15) is 0 Å². The van der Waals surface area contributed by atoms with Gasteiger partial charge in [0.05, 0.1) is 13.2 Å². The van der Waals surface area contributed by atoms with Gasteiger partial charge in [0.25, 0.3) is 0 Å². The third-order valence-electron chi connectivity index (χ3n) is 5.26. The van der Waals surface area contributed by atoms with E-state index in [0.29, 0.717) is 18.0 Å². The molecule has 110 valence electrons. The molecule has 0 aliphatic carbocycles. The molecule has 3 unspecified atom stereocenters. The fraction of sp³-hybridized carbons (Fsp3) is 0.647. The average Bonchev–Trinajstić information content (AvgIpc) is 2.68. The normalized spacial score (nSPS) is 31.2. The molecule has 2 aliphatic heterocycles. The molecule has 2 heterocycles. The first kappa shape index (κ1) is 13.9. The van der Waals surface area contributed by atoms with Crippen LogP contribution in [0.25, 0.3) is 0 Å². The monoisotopic (exact) mass is 275 g/mol. The zero-order chi connectivity index (χ0) is 14.1. The molecule has 0 aromatic heterocycles. The minimum absolute atomic E-state index is 0.223. The van der Waals surface area contributed by atoms with Crippen molar-refractivity contribution in [2.45, 2.75) is 50.3 Å². The van der Waals surface area contributed by atoms with Crippen molar-refractivity contribution in [3.8, 4) is 5.75 Å². The van der Waals surface area contributed by atoms with Crippen LogP contribution < -0.4 is 4.74 Å². The lowest BCUT2D eigenvalue weighted by Crippen LogP contribution is -2.43. The molecule has 0 saturated carbocycles. The number of fused-ring (bicyclic) bond motifs is 2. The Labute approximate surface area is 121 Å². The van der Waals surface area contributed by atoms with E-state index in [4.69, 9.17) is 4.74 Å². The standard InChI is InChI=1S/C17H25NO2/c1-18-14-6-7-15(18)11-13(10-14)17(19)9-12-4-3-5-16(8-12)20-2/h3-5,8,13-15,17,19H,6-7,9-11H2,1-2H3. The second-order valence-electron chi connectivity index (χ2n) is 6.40. The van der Waals surface area contributed by atoms with Crippen LogP contribution >= 0.6 is 0 Å². The summed E-state index contributed by atoms with van der Waals surface area (Å²) in [5.41, 5.74) is 1.17. The number of rotatable bonds is 4. The van der Waals surface area contributed by atoms with Gasteiger partial charge in [-0.15, -0.1) is 0 Å². The Kier molecular flexibility index (Phi) is 3.99. The Morgan fingerprint density at radius 3 is 2.65 bits per heavy atom. The quantitative estimate of drug-likeness (QED) is 0.916. The van der Waals surface area contributed by atoms with Crippen LogP contribution in [0.3, 0.4) is 0 Å². The van der Waals surface area contributed by atoms with E-state index in [9.17, 15) is 5.11 Å². The maximum Gasteiger partial charge on any atom is 0.119 e. The van der Waals surface area contributed by atoms with Gasteiger partial charge in [-0.3, -0.25) is 0 Å². The van der Waals surface area contributed by atoms with Crippen molar-refractivity contribution in [3.05, 3.63) is 29.8 Å². The lowest BCUT2D eigenvalue weighted by Gasteiger charge is -2.38. The van der Waals surface area contributed by atoms with Crippen molar-refractivity contribution >= 4 is 0 Å². The van der Waals surface area contributed by atoms with E-state index < -0.39 is 0 Å². The summed E-state index contributed by atoms with van der Waals surface area (Å²) in [5.74, 6) is 1.33. The summed E-state index contributed by atoms with van der Waals surface area (Å²) < 4.78 is 5.25. The molecule has 2 aliphatic rings. The first-order valence-corrected chi connectivity index (χ1v) is 7.70. The molecule has 1 N–H and O–H groups in total. The van der Waals surface area contributed by atoms with Crippen molar-refractivity contribution in [1.29, 1.82) is 0 Å². The molecule has 2 saturated heterocycles. The Balaban J connectivity index is 1.63. The number of piperidine rings is 1. The second-order valence-corrected chi connectivity index (χ2v) is 6.40. The minimum Gasteiger partial charge on any atom is -0.497 e. The average molecular weight is 275 g/mol. The van der Waals surface area contributed by atoms with Crippen molar-refractivity contribution < 1.29 is 9.84 Å². The van der Waals surface area contributed by atoms with Gasteiger partial charge in [-0.25, -0.2) is 0 Å². The number of aliphatic hydroxyl groups excluding tert-OH is 1. The van der Waals surface area contributed by atoms with Gasteiger partial charge in [-0.1, -0.05) is 12.1 Å². The minimum atomic E-state index is -0.223. The third kappa shape index (κ3) is 2.70. The van der Waals surface area contributed by atoms with Gasteiger partial charge in [0.15, 0.2) is 0 Å². The first-order valence-electron chi connectivity index (χ1n) is 7.70. The van der Waals surface area contributed by atoms with Crippen molar-refractivity contribution in [2.24, 2.45) is 5.92 Å². The topological polar surface area (TPSA) is 32.7 Å². The SMILES string of the molecule is COc1cccc(CC(O)C2CC3CCC(C2)N3C)c1. The summed E-state index contributed by atoms with van der Waals surface area (Å²) in [6, 6.07) is 9.45. The fourth-order valence-electron chi connectivity index (χ4n) is 3.98. The first-order chi connectivity index (χ1) is 9.67. The summed E-state index contributed by atoms with van der Waals surface area (Å²) >= 11 is 0. The molecule has 1 aromatic carbocycles. The molecule has 2 bridgehead atoms. The third-order valence-corrected chi connectivity index (χ3v) is 5.26. The molecule has 0 spiro atoms. The highest BCUT2D eigenvalue weighted by molar-refractivity contribution is 5.28. The van der Waals surface area contributed by atoms with Crippen molar-refractivity contribution in [3.63, 3.8) is 0 Å². The summed E-state index contributed by atoms with van der Waals surface area (Å²) in [6.45, 7) is 0. The smallest absolute Gasteiger partial charge is 0.119 e. The molecule has 3 rings (SSSR count). The van der Waals surface area contributed by atoms with Crippen LogP contribution in [0, 0.1) is 5.92 Å². The predicted octanol–water partition coefficient (Wildman–Crippen LogP) is 2.47. The van der Waals surface area contributed by atoms with Crippen LogP contribution in [0.4, 0.5) is 0 Å². The van der Waals surface area contributed by atoms with E-state index in [1.165, 1.54) is 18.4 Å². The van der Waals surface area contributed by atoms with Gasteiger partial charge < -0.3 is 14.7 Å². The van der Waals surface area contributed by atoms with Gasteiger partial charge in [0.2, 0.25) is 0 Å². The Morgan fingerprint density at radius 1 is 1.30 bits per heavy atom. The molecule has 3 atom stereocenters.